The van der Waals surface area contributed by atoms with Gasteiger partial charge in [0.25, 0.3) is 0 Å². The lowest BCUT2D eigenvalue weighted by Crippen LogP contribution is -2.11. The SMILES string of the molecule is CNc1nc(Cl)nc(NC(C)c2ccc(Br)cc2)n1. The van der Waals surface area contributed by atoms with Crippen LogP contribution in [0.3, 0.4) is 0 Å². The molecular formula is C12H13BrClN5. The van der Waals surface area contributed by atoms with E-state index >= 15 is 0 Å². The minimum absolute atomic E-state index is 0.0660. The Kier molecular flexibility index (Phi) is 4.55. The fourth-order valence-corrected chi connectivity index (χ4v) is 1.98. The van der Waals surface area contributed by atoms with Crippen LogP contribution in [-0.4, -0.2) is 22.0 Å². The molecule has 1 heterocycles. The highest BCUT2D eigenvalue weighted by atomic mass is 79.9. The average molecular weight is 343 g/mol. The Labute approximate surface area is 125 Å². The Hall–Kier alpha value is -1.40. The molecule has 0 aliphatic heterocycles. The molecule has 1 atom stereocenters. The molecule has 0 spiro atoms. The van der Waals surface area contributed by atoms with Gasteiger partial charge in [0.15, 0.2) is 0 Å². The van der Waals surface area contributed by atoms with Gasteiger partial charge in [-0.2, -0.15) is 15.0 Å². The summed E-state index contributed by atoms with van der Waals surface area (Å²) >= 11 is 9.24. The first-order valence-electron chi connectivity index (χ1n) is 5.70. The van der Waals surface area contributed by atoms with Gasteiger partial charge in [0.1, 0.15) is 0 Å². The van der Waals surface area contributed by atoms with Crippen molar-refractivity contribution < 1.29 is 0 Å². The molecular weight excluding hydrogens is 330 g/mol. The molecule has 0 amide bonds. The smallest absolute Gasteiger partial charge is 0.229 e. The van der Waals surface area contributed by atoms with Crippen LogP contribution in [-0.2, 0) is 0 Å². The second kappa shape index (κ2) is 6.16. The third-order valence-corrected chi connectivity index (χ3v) is 3.25. The molecule has 2 rings (SSSR count). The zero-order valence-electron chi connectivity index (χ0n) is 10.5. The number of halogens is 2. The number of nitrogens with zero attached hydrogens (tertiary/aromatic N) is 3. The molecule has 100 valence electrons. The summed E-state index contributed by atoms with van der Waals surface area (Å²) in [4.78, 5) is 12.2. The van der Waals surface area contributed by atoms with Gasteiger partial charge in [0.2, 0.25) is 17.2 Å². The number of benzene rings is 1. The van der Waals surface area contributed by atoms with E-state index in [1.807, 2.05) is 31.2 Å². The Morgan fingerprint density at radius 1 is 1.11 bits per heavy atom. The first-order chi connectivity index (χ1) is 9.08. The van der Waals surface area contributed by atoms with Crippen molar-refractivity contribution in [1.82, 2.24) is 15.0 Å². The fourth-order valence-electron chi connectivity index (χ4n) is 1.55. The molecule has 0 saturated heterocycles. The van der Waals surface area contributed by atoms with Crippen LogP contribution in [0.5, 0.6) is 0 Å². The topological polar surface area (TPSA) is 62.7 Å². The van der Waals surface area contributed by atoms with Crippen molar-refractivity contribution in [2.24, 2.45) is 0 Å². The van der Waals surface area contributed by atoms with E-state index < -0.39 is 0 Å². The summed E-state index contributed by atoms with van der Waals surface area (Å²) < 4.78 is 1.05. The highest BCUT2D eigenvalue weighted by Gasteiger charge is 2.09. The van der Waals surface area contributed by atoms with E-state index in [1.165, 1.54) is 0 Å². The molecule has 0 bridgehead atoms. The molecule has 2 aromatic rings. The lowest BCUT2D eigenvalue weighted by Gasteiger charge is -2.14. The van der Waals surface area contributed by atoms with E-state index in [1.54, 1.807) is 7.05 Å². The third kappa shape index (κ3) is 3.78. The zero-order chi connectivity index (χ0) is 13.8. The molecule has 7 heteroatoms. The van der Waals surface area contributed by atoms with E-state index in [9.17, 15) is 0 Å². The van der Waals surface area contributed by atoms with Gasteiger partial charge in [-0.25, -0.2) is 0 Å². The van der Waals surface area contributed by atoms with Crippen LogP contribution in [0.15, 0.2) is 28.7 Å². The maximum Gasteiger partial charge on any atom is 0.229 e. The van der Waals surface area contributed by atoms with Crippen molar-refractivity contribution in [3.8, 4) is 0 Å². The molecule has 2 N–H and O–H groups in total. The first-order valence-corrected chi connectivity index (χ1v) is 6.87. The van der Waals surface area contributed by atoms with Crippen LogP contribution in [0.25, 0.3) is 0 Å². The van der Waals surface area contributed by atoms with Crippen molar-refractivity contribution in [1.29, 1.82) is 0 Å². The van der Waals surface area contributed by atoms with Crippen molar-refractivity contribution in [2.45, 2.75) is 13.0 Å². The molecule has 0 aliphatic rings. The van der Waals surface area contributed by atoms with Crippen molar-refractivity contribution in [2.75, 3.05) is 17.7 Å². The van der Waals surface area contributed by atoms with E-state index in [-0.39, 0.29) is 11.3 Å². The lowest BCUT2D eigenvalue weighted by molar-refractivity contribution is 0.854. The highest BCUT2D eigenvalue weighted by molar-refractivity contribution is 9.10. The summed E-state index contributed by atoms with van der Waals surface area (Å²) in [5.74, 6) is 0.880. The maximum atomic E-state index is 5.83. The number of aromatic nitrogens is 3. The quantitative estimate of drug-likeness (QED) is 0.890. The second-order valence-electron chi connectivity index (χ2n) is 3.92. The number of anilines is 2. The summed E-state index contributed by atoms with van der Waals surface area (Å²) in [6.45, 7) is 2.03. The zero-order valence-corrected chi connectivity index (χ0v) is 12.8. The number of nitrogens with one attached hydrogen (secondary N) is 2. The van der Waals surface area contributed by atoms with Crippen LogP contribution < -0.4 is 10.6 Å². The normalized spacial score (nSPS) is 12.0. The summed E-state index contributed by atoms with van der Waals surface area (Å²) in [6, 6.07) is 8.11. The molecule has 19 heavy (non-hydrogen) atoms. The maximum absolute atomic E-state index is 5.83. The predicted octanol–water partition coefficient (Wildman–Crippen LogP) is 3.50. The number of hydrogen-bond donors (Lipinski definition) is 2. The third-order valence-electron chi connectivity index (χ3n) is 2.55. The van der Waals surface area contributed by atoms with E-state index in [0.29, 0.717) is 11.9 Å². The molecule has 0 aliphatic carbocycles. The van der Waals surface area contributed by atoms with Crippen LogP contribution in [0.1, 0.15) is 18.5 Å². The Balaban J connectivity index is 2.16. The van der Waals surface area contributed by atoms with Crippen molar-refractivity contribution in [3.63, 3.8) is 0 Å². The van der Waals surface area contributed by atoms with E-state index in [0.717, 1.165) is 10.0 Å². The largest absolute Gasteiger partial charge is 0.357 e. The van der Waals surface area contributed by atoms with Gasteiger partial charge in [0.05, 0.1) is 6.04 Å². The van der Waals surface area contributed by atoms with E-state index in [4.69, 9.17) is 11.6 Å². The van der Waals surface area contributed by atoms with Gasteiger partial charge in [0, 0.05) is 11.5 Å². The van der Waals surface area contributed by atoms with Gasteiger partial charge >= 0.3 is 0 Å². The second-order valence-corrected chi connectivity index (χ2v) is 5.17. The van der Waals surface area contributed by atoms with E-state index in [2.05, 4.69) is 41.5 Å². The minimum Gasteiger partial charge on any atom is -0.357 e. The molecule has 1 unspecified atom stereocenters. The summed E-state index contributed by atoms with van der Waals surface area (Å²) in [7, 11) is 1.73. The Morgan fingerprint density at radius 3 is 2.37 bits per heavy atom. The monoisotopic (exact) mass is 341 g/mol. The lowest BCUT2D eigenvalue weighted by atomic mass is 10.1. The van der Waals surface area contributed by atoms with Gasteiger partial charge in [-0.1, -0.05) is 28.1 Å². The number of hydrogen-bond acceptors (Lipinski definition) is 5. The summed E-state index contributed by atoms with van der Waals surface area (Å²) in [5, 5.41) is 6.18. The van der Waals surface area contributed by atoms with Crippen molar-refractivity contribution in [3.05, 3.63) is 39.6 Å². The summed E-state index contributed by atoms with van der Waals surface area (Å²) in [5.41, 5.74) is 1.13. The Morgan fingerprint density at radius 2 is 1.74 bits per heavy atom. The first kappa shape index (κ1) is 14.0. The van der Waals surface area contributed by atoms with Gasteiger partial charge in [-0.3, -0.25) is 0 Å². The molecule has 0 saturated carbocycles. The standard InChI is InChI=1S/C12H13BrClN5/c1-7(8-3-5-9(13)6-4-8)16-12-18-10(14)17-11(15-2)19-12/h3-7H,1-2H3,(H2,15,16,17,18,19). The molecule has 1 aromatic carbocycles. The number of rotatable bonds is 4. The molecule has 0 radical (unpaired) electrons. The van der Waals surface area contributed by atoms with Gasteiger partial charge < -0.3 is 10.6 Å². The molecule has 0 fully saturated rings. The van der Waals surface area contributed by atoms with Crippen LogP contribution in [0.4, 0.5) is 11.9 Å². The Bertz CT molecular complexity index is 561. The van der Waals surface area contributed by atoms with Crippen LogP contribution >= 0.6 is 27.5 Å². The van der Waals surface area contributed by atoms with Crippen LogP contribution in [0.2, 0.25) is 5.28 Å². The fraction of sp³-hybridized carbons (Fsp3) is 0.250. The molecule has 5 nitrogen and oxygen atoms in total. The highest BCUT2D eigenvalue weighted by Crippen LogP contribution is 2.20. The molecule has 1 aromatic heterocycles. The van der Waals surface area contributed by atoms with Gasteiger partial charge in [-0.05, 0) is 36.2 Å². The predicted molar refractivity (Wildman–Crippen MR) is 80.6 cm³/mol. The van der Waals surface area contributed by atoms with Crippen LogP contribution in [0, 0.1) is 0 Å². The summed E-state index contributed by atoms with van der Waals surface area (Å²) in [6.07, 6.45) is 0. The van der Waals surface area contributed by atoms with Crippen molar-refractivity contribution >= 4 is 39.4 Å². The van der Waals surface area contributed by atoms with Gasteiger partial charge in [-0.15, -0.1) is 0 Å². The minimum atomic E-state index is 0.0660. The average Bonchev–Trinajstić information content (AvgIpc) is 2.38.